The van der Waals surface area contributed by atoms with Gasteiger partial charge >= 0.3 is 0 Å². The van der Waals surface area contributed by atoms with Crippen molar-refractivity contribution in [3.63, 3.8) is 0 Å². The van der Waals surface area contributed by atoms with Gasteiger partial charge in [-0.25, -0.2) is 4.98 Å². The molecule has 3 heterocycles. The number of imidazole rings is 1. The van der Waals surface area contributed by atoms with Crippen LogP contribution in [0.3, 0.4) is 0 Å². The van der Waals surface area contributed by atoms with Gasteiger partial charge in [-0.1, -0.05) is 0 Å². The van der Waals surface area contributed by atoms with Crippen LogP contribution in [0.15, 0.2) is 12.5 Å². The average Bonchev–Trinajstić information content (AvgIpc) is 2.85. The standard InChI is InChI=1S/C11H16N4O/c12-7-3-8-1-2-9(4-7)15(8)11(16)10-5-13-6-14-10/h5-9H,1-4,12H2,(H,13,14). The first-order valence-corrected chi connectivity index (χ1v) is 5.82. The van der Waals surface area contributed by atoms with Crippen LogP contribution in [0.4, 0.5) is 0 Å². The van der Waals surface area contributed by atoms with E-state index in [1.165, 1.54) is 0 Å². The molecule has 1 amide bonds. The summed E-state index contributed by atoms with van der Waals surface area (Å²) in [6.45, 7) is 0. The third-order valence-corrected chi connectivity index (χ3v) is 3.73. The zero-order valence-electron chi connectivity index (χ0n) is 9.10. The predicted molar refractivity (Wildman–Crippen MR) is 58.8 cm³/mol. The number of carbonyl (C=O) groups is 1. The van der Waals surface area contributed by atoms with Gasteiger partial charge in [0.05, 0.1) is 12.5 Å². The van der Waals surface area contributed by atoms with Crippen LogP contribution in [-0.4, -0.2) is 38.9 Å². The molecule has 16 heavy (non-hydrogen) atoms. The molecular formula is C11H16N4O. The maximum atomic E-state index is 12.2. The molecule has 2 atom stereocenters. The number of carbonyl (C=O) groups excluding carboxylic acids is 1. The van der Waals surface area contributed by atoms with Crippen LogP contribution in [0.5, 0.6) is 0 Å². The Balaban J connectivity index is 1.84. The Morgan fingerprint density at radius 3 is 2.69 bits per heavy atom. The first-order valence-electron chi connectivity index (χ1n) is 5.82. The number of nitrogens with zero attached hydrogens (tertiary/aromatic N) is 2. The molecule has 2 saturated heterocycles. The smallest absolute Gasteiger partial charge is 0.272 e. The zero-order chi connectivity index (χ0) is 11.1. The summed E-state index contributed by atoms with van der Waals surface area (Å²) in [5.41, 5.74) is 6.57. The highest BCUT2D eigenvalue weighted by Gasteiger charge is 2.42. The summed E-state index contributed by atoms with van der Waals surface area (Å²) in [5, 5.41) is 0. The van der Waals surface area contributed by atoms with E-state index >= 15 is 0 Å². The lowest BCUT2D eigenvalue weighted by Crippen LogP contribution is -2.50. The second-order valence-corrected chi connectivity index (χ2v) is 4.79. The third-order valence-electron chi connectivity index (χ3n) is 3.73. The molecule has 0 aliphatic carbocycles. The van der Waals surface area contributed by atoms with Crippen molar-refractivity contribution in [2.75, 3.05) is 0 Å². The van der Waals surface area contributed by atoms with E-state index < -0.39 is 0 Å². The molecule has 5 nitrogen and oxygen atoms in total. The fourth-order valence-electron chi connectivity index (χ4n) is 3.06. The van der Waals surface area contributed by atoms with Crippen LogP contribution >= 0.6 is 0 Å². The molecule has 2 unspecified atom stereocenters. The van der Waals surface area contributed by atoms with Gasteiger partial charge in [0, 0.05) is 18.1 Å². The number of aromatic amines is 1. The highest BCUT2D eigenvalue weighted by atomic mass is 16.2. The number of fused-ring (bicyclic) bond motifs is 2. The zero-order valence-corrected chi connectivity index (χ0v) is 9.10. The first kappa shape index (κ1) is 9.84. The van der Waals surface area contributed by atoms with Crippen LogP contribution < -0.4 is 5.73 Å². The minimum atomic E-state index is 0.0805. The van der Waals surface area contributed by atoms with Gasteiger partial charge in [0.15, 0.2) is 0 Å². The summed E-state index contributed by atoms with van der Waals surface area (Å²) in [5.74, 6) is 0.0805. The molecule has 5 heteroatoms. The first-order chi connectivity index (χ1) is 7.75. The second-order valence-electron chi connectivity index (χ2n) is 4.79. The number of rotatable bonds is 1. The summed E-state index contributed by atoms with van der Waals surface area (Å²) >= 11 is 0. The number of aromatic nitrogens is 2. The number of piperidine rings is 1. The van der Waals surface area contributed by atoms with Gasteiger partial charge in [0.2, 0.25) is 0 Å². The molecule has 3 N–H and O–H groups in total. The van der Waals surface area contributed by atoms with E-state index in [4.69, 9.17) is 5.73 Å². The molecule has 2 aliphatic heterocycles. The molecule has 0 radical (unpaired) electrons. The molecule has 1 aromatic rings. The molecule has 0 spiro atoms. The van der Waals surface area contributed by atoms with Gasteiger partial charge in [-0.3, -0.25) is 4.79 Å². The third kappa shape index (κ3) is 1.43. The van der Waals surface area contributed by atoms with Gasteiger partial charge in [0.25, 0.3) is 5.91 Å². The molecule has 0 saturated carbocycles. The van der Waals surface area contributed by atoms with E-state index in [0.29, 0.717) is 17.8 Å². The molecule has 2 fully saturated rings. The minimum absolute atomic E-state index is 0.0805. The van der Waals surface area contributed by atoms with Crippen LogP contribution in [0.1, 0.15) is 36.2 Å². The number of nitrogens with one attached hydrogen (secondary N) is 1. The minimum Gasteiger partial charge on any atom is -0.341 e. The van der Waals surface area contributed by atoms with Crippen molar-refractivity contribution in [3.8, 4) is 0 Å². The summed E-state index contributed by atoms with van der Waals surface area (Å²) < 4.78 is 0. The number of nitrogens with two attached hydrogens (primary N) is 1. The molecule has 2 bridgehead atoms. The lowest BCUT2D eigenvalue weighted by atomic mass is 9.98. The van der Waals surface area contributed by atoms with Gasteiger partial charge < -0.3 is 15.6 Å². The Morgan fingerprint density at radius 2 is 2.12 bits per heavy atom. The lowest BCUT2D eigenvalue weighted by Gasteiger charge is -2.37. The number of amides is 1. The summed E-state index contributed by atoms with van der Waals surface area (Å²) in [6, 6.07) is 0.942. The molecular weight excluding hydrogens is 204 g/mol. The largest absolute Gasteiger partial charge is 0.341 e. The SMILES string of the molecule is NC1CC2CCC(C1)N2C(=O)c1cnc[nH]1. The topological polar surface area (TPSA) is 75.0 Å². The molecule has 3 rings (SSSR count). The molecule has 86 valence electrons. The van der Waals surface area contributed by atoms with Gasteiger partial charge in [-0.15, -0.1) is 0 Å². The Labute approximate surface area is 94.0 Å². The quantitative estimate of drug-likeness (QED) is 0.724. The van der Waals surface area contributed by atoms with Crippen molar-refractivity contribution < 1.29 is 4.79 Å². The summed E-state index contributed by atoms with van der Waals surface area (Å²) in [4.78, 5) is 21.0. The van der Waals surface area contributed by atoms with Crippen molar-refractivity contribution in [1.29, 1.82) is 0 Å². The van der Waals surface area contributed by atoms with E-state index in [1.54, 1.807) is 12.5 Å². The predicted octanol–water partition coefficient (Wildman–Crippen LogP) is 0.504. The average molecular weight is 220 g/mol. The Bertz CT molecular complexity index is 375. The highest BCUT2D eigenvalue weighted by Crippen LogP contribution is 2.35. The fourth-order valence-corrected chi connectivity index (χ4v) is 3.06. The Kier molecular flexibility index (Phi) is 2.21. The van der Waals surface area contributed by atoms with Crippen LogP contribution in [0.25, 0.3) is 0 Å². The van der Waals surface area contributed by atoms with Gasteiger partial charge in [-0.2, -0.15) is 0 Å². The van der Waals surface area contributed by atoms with E-state index in [-0.39, 0.29) is 11.9 Å². The van der Waals surface area contributed by atoms with Crippen molar-refractivity contribution >= 4 is 5.91 Å². The molecule has 2 aliphatic rings. The maximum Gasteiger partial charge on any atom is 0.272 e. The fraction of sp³-hybridized carbons (Fsp3) is 0.636. The normalized spacial score (nSPS) is 33.1. The van der Waals surface area contributed by atoms with Crippen LogP contribution in [0, 0.1) is 0 Å². The Hall–Kier alpha value is -1.36. The second kappa shape index (κ2) is 3.59. The van der Waals surface area contributed by atoms with Crippen LogP contribution in [-0.2, 0) is 0 Å². The van der Waals surface area contributed by atoms with E-state index in [9.17, 15) is 4.79 Å². The summed E-state index contributed by atoms with van der Waals surface area (Å²) in [7, 11) is 0. The van der Waals surface area contributed by atoms with E-state index in [1.807, 2.05) is 4.90 Å². The highest BCUT2D eigenvalue weighted by molar-refractivity contribution is 5.92. The van der Waals surface area contributed by atoms with Crippen molar-refractivity contribution in [1.82, 2.24) is 14.9 Å². The monoisotopic (exact) mass is 220 g/mol. The van der Waals surface area contributed by atoms with Crippen LogP contribution in [0.2, 0.25) is 0 Å². The molecule has 0 aromatic carbocycles. The van der Waals surface area contributed by atoms with E-state index in [2.05, 4.69) is 9.97 Å². The van der Waals surface area contributed by atoms with Crippen molar-refractivity contribution in [2.45, 2.75) is 43.8 Å². The summed E-state index contributed by atoms with van der Waals surface area (Å²) in [6.07, 6.45) is 7.21. The van der Waals surface area contributed by atoms with Crippen molar-refractivity contribution in [3.05, 3.63) is 18.2 Å². The maximum absolute atomic E-state index is 12.2. The number of H-pyrrole nitrogens is 1. The number of hydrogen-bond acceptors (Lipinski definition) is 3. The van der Waals surface area contributed by atoms with Gasteiger partial charge in [0.1, 0.15) is 5.69 Å². The Morgan fingerprint density at radius 1 is 1.44 bits per heavy atom. The van der Waals surface area contributed by atoms with Crippen molar-refractivity contribution in [2.24, 2.45) is 5.73 Å². The number of hydrogen-bond donors (Lipinski definition) is 2. The van der Waals surface area contributed by atoms with Gasteiger partial charge in [-0.05, 0) is 25.7 Å². The molecule has 1 aromatic heterocycles. The lowest BCUT2D eigenvalue weighted by molar-refractivity contribution is 0.0569. The van der Waals surface area contributed by atoms with E-state index in [0.717, 1.165) is 25.7 Å².